The molecule has 0 spiro atoms. The average molecular weight is 367 g/mol. The number of piperazine rings is 1. The van der Waals surface area contributed by atoms with Crippen LogP contribution in [0, 0.1) is 6.92 Å². The second-order valence-corrected chi connectivity index (χ2v) is 7.83. The summed E-state index contributed by atoms with van der Waals surface area (Å²) in [5, 5.41) is 7.26. The second-order valence-electron chi connectivity index (χ2n) is 7.83. The topological polar surface area (TPSA) is 53.4 Å². The minimum absolute atomic E-state index is 0.0474. The molecule has 1 amide bonds. The number of fused-ring (bicyclic) bond motifs is 1. The predicted molar refractivity (Wildman–Crippen MR) is 107 cm³/mol. The van der Waals surface area contributed by atoms with E-state index < -0.39 is 0 Å². The van der Waals surface area contributed by atoms with E-state index in [1.165, 1.54) is 24.0 Å². The van der Waals surface area contributed by atoms with Gasteiger partial charge in [-0.3, -0.25) is 19.3 Å². The highest BCUT2D eigenvalue weighted by Crippen LogP contribution is 2.25. The van der Waals surface area contributed by atoms with Crippen LogP contribution in [-0.2, 0) is 24.7 Å². The van der Waals surface area contributed by atoms with Crippen LogP contribution in [0.1, 0.15) is 23.2 Å². The molecule has 1 unspecified atom stereocenters. The van der Waals surface area contributed by atoms with Gasteiger partial charge in [0.05, 0.1) is 17.9 Å². The van der Waals surface area contributed by atoms with Crippen molar-refractivity contribution in [3.63, 3.8) is 0 Å². The van der Waals surface area contributed by atoms with Crippen molar-refractivity contribution in [3.05, 3.63) is 47.3 Å². The lowest BCUT2D eigenvalue weighted by Gasteiger charge is -2.41. The van der Waals surface area contributed by atoms with Crippen molar-refractivity contribution in [1.29, 1.82) is 0 Å². The zero-order chi connectivity index (χ0) is 18.8. The first-order valence-electron chi connectivity index (χ1n) is 9.92. The highest BCUT2D eigenvalue weighted by Gasteiger charge is 2.27. The molecule has 1 saturated heterocycles. The number of rotatable bonds is 4. The van der Waals surface area contributed by atoms with Crippen LogP contribution < -0.4 is 5.32 Å². The summed E-state index contributed by atoms with van der Waals surface area (Å²) in [5.74, 6) is 0.0474. The molecule has 1 fully saturated rings. The number of aryl methyl sites for hydroxylation is 3. The molecule has 1 aromatic heterocycles. The lowest BCUT2D eigenvalue weighted by Crippen LogP contribution is -2.52. The van der Waals surface area contributed by atoms with E-state index >= 15 is 0 Å². The van der Waals surface area contributed by atoms with Gasteiger partial charge in [0.25, 0.3) is 0 Å². The van der Waals surface area contributed by atoms with Gasteiger partial charge >= 0.3 is 0 Å². The normalized spacial score (nSPS) is 21.0. The van der Waals surface area contributed by atoms with E-state index in [0.717, 1.165) is 44.0 Å². The summed E-state index contributed by atoms with van der Waals surface area (Å²) in [6.07, 6.45) is 5.45. The summed E-state index contributed by atoms with van der Waals surface area (Å²) in [6.45, 7) is 6.37. The van der Waals surface area contributed by atoms with E-state index in [4.69, 9.17) is 0 Å². The van der Waals surface area contributed by atoms with E-state index in [9.17, 15) is 4.79 Å². The van der Waals surface area contributed by atoms with Crippen LogP contribution in [0.4, 0.5) is 5.69 Å². The smallest absolute Gasteiger partial charge is 0.238 e. The van der Waals surface area contributed by atoms with Gasteiger partial charge in [0.2, 0.25) is 5.91 Å². The van der Waals surface area contributed by atoms with Crippen molar-refractivity contribution in [2.75, 3.05) is 38.0 Å². The number of carbonyl (C=O) groups is 1. The van der Waals surface area contributed by atoms with Crippen LogP contribution in [0.15, 0.2) is 30.5 Å². The lowest BCUT2D eigenvalue weighted by molar-refractivity contribution is -0.117. The molecule has 1 N–H and O–H groups in total. The Bertz CT molecular complexity index is 807. The zero-order valence-corrected chi connectivity index (χ0v) is 16.3. The van der Waals surface area contributed by atoms with Crippen LogP contribution in [-0.4, -0.2) is 64.3 Å². The van der Waals surface area contributed by atoms with Crippen LogP contribution in [0.5, 0.6) is 0 Å². The Morgan fingerprint density at radius 2 is 1.93 bits per heavy atom. The third-order valence-electron chi connectivity index (χ3n) is 5.90. The van der Waals surface area contributed by atoms with E-state index in [2.05, 4.69) is 44.5 Å². The number of carbonyl (C=O) groups excluding carboxylic acids is 1. The maximum Gasteiger partial charge on any atom is 0.238 e. The summed E-state index contributed by atoms with van der Waals surface area (Å²) in [7, 11) is 1.87. The summed E-state index contributed by atoms with van der Waals surface area (Å²) in [6, 6.07) is 9.50. The molecule has 144 valence electrons. The number of nitrogens with one attached hydrogen (secondary N) is 1. The molecule has 2 aliphatic rings. The van der Waals surface area contributed by atoms with Gasteiger partial charge in [-0.15, -0.1) is 0 Å². The Labute approximate surface area is 161 Å². The summed E-state index contributed by atoms with van der Waals surface area (Å²) in [4.78, 5) is 17.2. The van der Waals surface area contributed by atoms with Crippen molar-refractivity contribution in [2.24, 2.45) is 7.05 Å². The maximum absolute atomic E-state index is 12.4. The Morgan fingerprint density at radius 1 is 1.19 bits per heavy atom. The standard InChI is InChI=1S/C21H29N5O/c1-16-20(14-24(2)23-16)22-21(27)15-25-9-11-26(12-10-25)19-8-7-17-5-3-4-6-18(17)13-19/h3-6,14,19H,7-13,15H2,1-2H3,(H,22,27). The molecular weight excluding hydrogens is 338 g/mol. The first-order valence-corrected chi connectivity index (χ1v) is 9.92. The SMILES string of the molecule is Cc1nn(C)cc1NC(=O)CN1CCN(C2CCc3ccccc3C2)CC1. The summed E-state index contributed by atoms with van der Waals surface area (Å²) >= 11 is 0. The lowest BCUT2D eigenvalue weighted by atomic mass is 9.87. The molecule has 1 aliphatic heterocycles. The van der Waals surface area contributed by atoms with Crippen LogP contribution >= 0.6 is 0 Å². The van der Waals surface area contributed by atoms with Gasteiger partial charge in [-0.2, -0.15) is 5.10 Å². The molecule has 2 heterocycles. The molecule has 0 bridgehead atoms. The van der Waals surface area contributed by atoms with Gasteiger partial charge in [0, 0.05) is 45.5 Å². The van der Waals surface area contributed by atoms with E-state index in [-0.39, 0.29) is 5.91 Å². The van der Waals surface area contributed by atoms with Crippen molar-refractivity contribution in [1.82, 2.24) is 19.6 Å². The number of nitrogens with zero attached hydrogens (tertiary/aromatic N) is 4. The van der Waals surface area contributed by atoms with E-state index in [1.807, 2.05) is 20.2 Å². The van der Waals surface area contributed by atoms with Crippen LogP contribution in [0.25, 0.3) is 0 Å². The van der Waals surface area contributed by atoms with Gasteiger partial charge in [0.15, 0.2) is 0 Å². The van der Waals surface area contributed by atoms with Gasteiger partial charge in [0.1, 0.15) is 0 Å². The van der Waals surface area contributed by atoms with E-state index in [0.29, 0.717) is 12.6 Å². The Kier molecular flexibility index (Phi) is 5.27. The van der Waals surface area contributed by atoms with Gasteiger partial charge in [-0.25, -0.2) is 0 Å². The van der Waals surface area contributed by atoms with Crippen molar-refractivity contribution in [2.45, 2.75) is 32.2 Å². The fourth-order valence-electron chi connectivity index (χ4n) is 4.39. The highest BCUT2D eigenvalue weighted by atomic mass is 16.2. The van der Waals surface area contributed by atoms with Gasteiger partial charge in [-0.05, 0) is 37.3 Å². The molecule has 4 rings (SSSR count). The minimum atomic E-state index is 0.0474. The first kappa shape index (κ1) is 18.2. The molecular formula is C21H29N5O. The molecule has 2 aromatic rings. The third-order valence-corrected chi connectivity index (χ3v) is 5.90. The van der Waals surface area contributed by atoms with E-state index in [1.54, 1.807) is 4.68 Å². The van der Waals surface area contributed by atoms with Crippen molar-refractivity contribution >= 4 is 11.6 Å². The summed E-state index contributed by atoms with van der Waals surface area (Å²) < 4.78 is 1.73. The molecule has 27 heavy (non-hydrogen) atoms. The molecule has 0 radical (unpaired) electrons. The number of hydrogen-bond acceptors (Lipinski definition) is 4. The number of anilines is 1. The highest BCUT2D eigenvalue weighted by molar-refractivity contribution is 5.92. The first-order chi connectivity index (χ1) is 13.1. The zero-order valence-electron chi connectivity index (χ0n) is 16.3. The molecule has 1 atom stereocenters. The van der Waals surface area contributed by atoms with Gasteiger partial charge in [-0.1, -0.05) is 24.3 Å². The van der Waals surface area contributed by atoms with Crippen molar-refractivity contribution < 1.29 is 4.79 Å². The van der Waals surface area contributed by atoms with Gasteiger partial charge < -0.3 is 5.32 Å². The average Bonchev–Trinajstić information content (AvgIpc) is 2.98. The number of benzene rings is 1. The summed E-state index contributed by atoms with van der Waals surface area (Å²) in [5.41, 5.74) is 4.70. The predicted octanol–water partition coefficient (Wildman–Crippen LogP) is 1.84. The molecule has 0 saturated carbocycles. The largest absolute Gasteiger partial charge is 0.322 e. The molecule has 1 aromatic carbocycles. The van der Waals surface area contributed by atoms with Crippen LogP contribution in [0.2, 0.25) is 0 Å². The fraction of sp³-hybridized carbons (Fsp3) is 0.524. The maximum atomic E-state index is 12.4. The fourth-order valence-corrected chi connectivity index (χ4v) is 4.39. The quantitative estimate of drug-likeness (QED) is 0.896. The minimum Gasteiger partial charge on any atom is -0.322 e. The number of hydrogen-bond donors (Lipinski definition) is 1. The van der Waals surface area contributed by atoms with Crippen LogP contribution in [0.3, 0.4) is 0 Å². The second kappa shape index (κ2) is 7.82. The molecule has 6 heteroatoms. The Balaban J connectivity index is 1.26. The molecule has 1 aliphatic carbocycles. The third kappa shape index (κ3) is 4.22. The molecule has 6 nitrogen and oxygen atoms in total. The number of aromatic nitrogens is 2. The monoisotopic (exact) mass is 367 g/mol. The Morgan fingerprint density at radius 3 is 2.63 bits per heavy atom. The van der Waals surface area contributed by atoms with Crippen molar-refractivity contribution in [3.8, 4) is 0 Å². The number of amides is 1. The Hall–Kier alpha value is -2.18.